The van der Waals surface area contributed by atoms with Gasteiger partial charge in [-0.2, -0.15) is 10.4 Å². The van der Waals surface area contributed by atoms with Gasteiger partial charge in [-0.05, 0) is 50.2 Å². The Kier molecular flexibility index (Phi) is 6.77. The zero-order valence-electron chi connectivity index (χ0n) is 19.0. The number of nitriles is 1. The molecule has 4 rings (SSSR count). The van der Waals surface area contributed by atoms with Gasteiger partial charge < -0.3 is 15.0 Å². The van der Waals surface area contributed by atoms with Gasteiger partial charge in [0.2, 0.25) is 0 Å². The summed E-state index contributed by atoms with van der Waals surface area (Å²) in [6.45, 7) is 5.71. The minimum Gasteiger partial charge on any atom is -0.487 e. The summed E-state index contributed by atoms with van der Waals surface area (Å²) in [5.74, 6) is -1.68. The first-order valence-electron chi connectivity index (χ1n) is 11.1. The number of carbonyl (C=O) groups excluding carboxylic acids is 1. The van der Waals surface area contributed by atoms with Crippen LogP contribution in [0.25, 0.3) is 0 Å². The van der Waals surface area contributed by atoms with Crippen LogP contribution >= 0.6 is 0 Å². The van der Waals surface area contributed by atoms with E-state index < -0.39 is 11.6 Å². The van der Waals surface area contributed by atoms with E-state index in [1.807, 2.05) is 19.9 Å². The Bertz CT molecular complexity index is 1240. The number of rotatable bonds is 6. The highest BCUT2D eigenvalue weighted by atomic mass is 19.1. The molecule has 0 saturated carbocycles. The number of ether oxygens (including phenoxy) is 1. The van der Waals surface area contributed by atoms with Crippen molar-refractivity contribution in [2.45, 2.75) is 39.3 Å². The standard InChI is InChI=1S/C25H25F2N5O2/c1-3-32-16(2)12-22(30-32)25(33)29-21-13-17(15-28)4-6-23(21)31-10-8-19(9-11-31)34-24-7-5-18(26)14-20(24)27/h4-7,12-14,19H,3,8-11H2,1-2H3,(H,29,33). The fourth-order valence-corrected chi connectivity index (χ4v) is 4.07. The molecule has 1 amide bonds. The molecule has 1 aliphatic heterocycles. The number of benzene rings is 2. The van der Waals surface area contributed by atoms with E-state index in [-0.39, 0.29) is 17.8 Å². The maximum absolute atomic E-state index is 13.9. The smallest absolute Gasteiger partial charge is 0.276 e. The number of halogens is 2. The van der Waals surface area contributed by atoms with E-state index in [9.17, 15) is 18.8 Å². The van der Waals surface area contributed by atoms with Crippen molar-refractivity contribution in [3.8, 4) is 11.8 Å². The lowest BCUT2D eigenvalue weighted by Crippen LogP contribution is -2.38. The van der Waals surface area contributed by atoms with Gasteiger partial charge >= 0.3 is 0 Å². The predicted molar refractivity (Wildman–Crippen MR) is 124 cm³/mol. The van der Waals surface area contributed by atoms with Gasteiger partial charge in [-0.3, -0.25) is 9.48 Å². The van der Waals surface area contributed by atoms with Crippen molar-refractivity contribution < 1.29 is 18.3 Å². The molecule has 1 aromatic heterocycles. The monoisotopic (exact) mass is 465 g/mol. The van der Waals surface area contributed by atoms with Crippen LogP contribution in [0.3, 0.4) is 0 Å². The number of nitrogens with one attached hydrogen (secondary N) is 1. The second-order valence-corrected chi connectivity index (χ2v) is 8.16. The van der Waals surface area contributed by atoms with Gasteiger partial charge in [-0.15, -0.1) is 0 Å². The summed E-state index contributed by atoms with van der Waals surface area (Å²) in [4.78, 5) is 15.0. The second-order valence-electron chi connectivity index (χ2n) is 8.16. The van der Waals surface area contributed by atoms with E-state index in [4.69, 9.17) is 4.74 Å². The highest BCUT2D eigenvalue weighted by molar-refractivity contribution is 6.05. The van der Waals surface area contributed by atoms with Crippen molar-refractivity contribution >= 4 is 17.3 Å². The fourth-order valence-electron chi connectivity index (χ4n) is 4.07. The molecular formula is C25H25F2N5O2. The number of aromatic nitrogens is 2. The van der Waals surface area contributed by atoms with Crippen molar-refractivity contribution in [1.29, 1.82) is 5.26 Å². The number of hydrogen-bond acceptors (Lipinski definition) is 5. The van der Waals surface area contributed by atoms with Crippen molar-refractivity contribution in [2.75, 3.05) is 23.3 Å². The number of nitrogens with zero attached hydrogens (tertiary/aromatic N) is 4. The van der Waals surface area contributed by atoms with Crippen LogP contribution in [0.4, 0.5) is 20.2 Å². The summed E-state index contributed by atoms with van der Waals surface area (Å²) in [6, 6.07) is 12.3. The summed E-state index contributed by atoms with van der Waals surface area (Å²) < 4.78 is 34.6. The Morgan fingerprint density at radius 2 is 1.97 bits per heavy atom. The Hall–Kier alpha value is -3.93. The quantitative estimate of drug-likeness (QED) is 0.573. The summed E-state index contributed by atoms with van der Waals surface area (Å²) in [6.07, 6.45) is 1.02. The maximum atomic E-state index is 13.9. The lowest BCUT2D eigenvalue weighted by atomic mass is 10.1. The number of carbonyl (C=O) groups is 1. The van der Waals surface area contributed by atoms with Gasteiger partial charge in [-0.25, -0.2) is 8.78 Å². The van der Waals surface area contributed by atoms with Crippen LogP contribution in [0.1, 0.15) is 41.5 Å². The van der Waals surface area contributed by atoms with E-state index >= 15 is 0 Å². The Morgan fingerprint density at radius 1 is 1.21 bits per heavy atom. The molecule has 0 aliphatic carbocycles. The largest absolute Gasteiger partial charge is 0.487 e. The molecule has 0 unspecified atom stereocenters. The zero-order valence-corrected chi connectivity index (χ0v) is 19.0. The second kappa shape index (κ2) is 9.91. The van der Waals surface area contributed by atoms with Gasteiger partial charge in [-0.1, -0.05) is 0 Å². The highest BCUT2D eigenvalue weighted by Crippen LogP contribution is 2.31. The molecular weight excluding hydrogens is 440 g/mol. The molecule has 1 saturated heterocycles. The molecule has 0 bridgehead atoms. The topological polar surface area (TPSA) is 83.2 Å². The summed E-state index contributed by atoms with van der Waals surface area (Å²) in [5, 5.41) is 16.6. The molecule has 1 N–H and O–H groups in total. The van der Waals surface area contributed by atoms with Gasteiger partial charge in [0.15, 0.2) is 17.3 Å². The molecule has 0 radical (unpaired) electrons. The lowest BCUT2D eigenvalue weighted by molar-refractivity contribution is 0.102. The molecule has 34 heavy (non-hydrogen) atoms. The minimum atomic E-state index is -0.722. The highest BCUT2D eigenvalue weighted by Gasteiger charge is 2.24. The van der Waals surface area contributed by atoms with Crippen molar-refractivity contribution in [3.63, 3.8) is 0 Å². The molecule has 1 aliphatic rings. The van der Waals surface area contributed by atoms with Crippen molar-refractivity contribution in [2.24, 2.45) is 0 Å². The number of aryl methyl sites for hydroxylation is 2. The molecule has 2 aromatic carbocycles. The normalized spacial score (nSPS) is 14.0. The molecule has 7 nitrogen and oxygen atoms in total. The van der Waals surface area contributed by atoms with Gasteiger partial charge in [0.25, 0.3) is 5.91 Å². The number of amides is 1. The minimum absolute atomic E-state index is 0.0352. The number of hydrogen-bond donors (Lipinski definition) is 1. The van der Waals surface area contributed by atoms with E-state index in [0.717, 1.165) is 17.4 Å². The maximum Gasteiger partial charge on any atom is 0.276 e. The summed E-state index contributed by atoms with van der Waals surface area (Å²) in [5.41, 5.74) is 2.93. The fraction of sp³-hybridized carbons (Fsp3) is 0.320. The third-order valence-corrected chi connectivity index (χ3v) is 5.86. The first-order chi connectivity index (χ1) is 16.4. The summed E-state index contributed by atoms with van der Waals surface area (Å²) >= 11 is 0. The van der Waals surface area contributed by atoms with E-state index in [2.05, 4.69) is 21.4 Å². The van der Waals surface area contributed by atoms with Gasteiger partial charge in [0.05, 0.1) is 23.0 Å². The molecule has 0 spiro atoms. The first kappa shape index (κ1) is 23.2. The Balaban J connectivity index is 1.47. The third-order valence-electron chi connectivity index (χ3n) is 5.86. The third kappa shape index (κ3) is 5.01. The van der Waals surface area contributed by atoms with Crippen LogP contribution in [-0.2, 0) is 6.54 Å². The van der Waals surface area contributed by atoms with Crippen LogP contribution in [-0.4, -0.2) is 34.9 Å². The van der Waals surface area contributed by atoms with E-state index in [0.29, 0.717) is 49.4 Å². The SMILES string of the molecule is CCn1nc(C(=O)Nc2cc(C#N)ccc2N2CCC(Oc3ccc(F)cc3F)CC2)cc1C. The average Bonchev–Trinajstić information content (AvgIpc) is 3.22. The van der Waals surface area contributed by atoms with Crippen LogP contribution in [0, 0.1) is 29.9 Å². The van der Waals surface area contributed by atoms with Gasteiger partial charge in [0.1, 0.15) is 11.9 Å². The van der Waals surface area contributed by atoms with Crippen LogP contribution < -0.4 is 15.0 Å². The van der Waals surface area contributed by atoms with Crippen molar-refractivity contribution in [1.82, 2.24) is 9.78 Å². The van der Waals surface area contributed by atoms with Crippen LogP contribution in [0.5, 0.6) is 5.75 Å². The number of piperidine rings is 1. The Morgan fingerprint density at radius 3 is 2.62 bits per heavy atom. The van der Waals surface area contributed by atoms with Crippen molar-refractivity contribution in [3.05, 3.63) is 71.1 Å². The molecule has 176 valence electrons. The molecule has 3 aromatic rings. The Labute approximate surface area is 196 Å². The predicted octanol–water partition coefficient (Wildman–Crippen LogP) is 4.66. The van der Waals surface area contributed by atoms with Crippen LogP contribution in [0.15, 0.2) is 42.5 Å². The first-order valence-corrected chi connectivity index (χ1v) is 11.1. The van der Waals surface area contributed by atoms with Gasteiger partial charge in [0, 0.05) is 44.2 Å². The molecule has 1 fully saturated rings. The van der Waals surface area contributed by atoms with E-state index in [1.165, 1.54) is 12.1 Å². The van der Waals surface area contributed by atoms with Crippen LogP contribution in [0.2, 0.25) is 0 Å². The molecule has 2 heterocycles. The number of anilines is 2. The average molecular weight is 466 g/mol. The zero-order chi connectivity index (χ0) is 24.2. The van der Waals surface area contributed by atoms with E-state index in [1.54, 1.807) is 22.9 Å². The lowest BCUT2D eigenvalue weighted by Gasteiger charge is -2.34. The summed E-state index contributed by atoms with van der Waals surface area (Å²) in [7, 11) is 0. The molecule has 0 atom stereocenters. The molecule has 9 heteroatoms.